The zero-order valence-corrected chi connectivity index (χ0v) is 17.3. The number of nitrogens with one attached hydrogen (secondary N) is 3. The Kier molecular flexibility index (Phi) is 10.1. The van der Waals surface area contributed by atoms with Crippen LogP contribution in [0.25, 0.3) is 0 Å². The molecular weight excluding hydrogens is 443 g/mol. The second kappa shape index (κ2) is 12.1. The van der Waals surface area contributed by atoms with Crippen molar-refractivity contribution in [2.75, 3.05) is 20.7 Å². The van der Waals surface area contributed by atoms with Crippen LogP contribution in [0.15, 0.2) is 59.6 Å². The molecule has 2 aromatic carbocycles. The molecule has 0 aliphatic rings. The molecule has 0 fully saturated rings. The minimum absolute atomic E-state index is 0. The first-order valence-electron chi connectivity index (χ1n) is 8.09. The van der Waals surface area contributed by atoms with Crippen molar-refractivity contribution in [2.24, 2.45) is 4.99 Å². The number of carbonyl (C=O) groups is 1. The molecule has 2 rings (SSSR count). The Hall–Kier alpha value is -2.29. The Balaban J connectivity index is 0.00000338. The number of guanidine groups is 1. The fraction of sp³-hybridized carbons (Fsp3) is 0.263. The van der Waals surface area contributed by atoms with Gasteiger partial charge in [0.2, 0.25) is 5.91 Å². The maximum atomic E-state index is 12.0. The van der Waals surface area contributed by atoms with Crippen LogP contribution in [0, 0.1) is 0 Å². The lowest BCUT2D eigenvalue weighted by atomic mass is 10.2. The van der Waals surface area contributed by atoms with Gasteiger partial charge < -0.3 is 20.7 Å². The van der Waals surface area contributed by atoms with E-state index in [1.165, 1.54) is 0 Å². The van der Waals surface area contributed by atoms with Crippen LogP contribution in [0.4, 0.5) is 0 Å². The molecule has 0 bridgehead atoms. The summed E-state index contributed by atoms with van der Waals surface area (Å²) in [7, 11) is 3.30. The van der Waals surface area contributed by atoms with Gasteiger partial charge in [0.05, 0.1) is 13.7 Å². The van der Waals surface area contributed by atoms with Crippen molar-refractivity contribution in [1.82, 2.24) is 16.0 Å². The summed E-state index contributed by atoms with van der Waals surface area (Å²) < 4.78 is 5.11. The monoisotopic (exact) mass is 468 g/mol. The van der Waals surface area contributed by atoms with Crippen LogP contribution in [0.3, 0.4) is 0 Å². The largest absolute Gasteiger partial charge is 0.497 e. The van der Waals surface area contributed by atoms with Crippen LogP contribution in [-0.4, -0.2) is 32.6 Å². The highest BCUT2D eigenvalue weighted by molar-refractivity contribution is 14.0. The minimum atomic E-state index is -0.0986. The number of carbonyl (C=O) groups excluding carboxylic acids is 1. The van der Waals surface area contributed by atoms with Crippen molar-refractivity contribution in [3.63, 3.8) is 0 Å². The summed E-state index contributed by atoms with van der Waals surface area (Å²) in [5.41, 5.74) is 2.16. The lowest BCUT2D eigenvalue weighted by Gasteiger charge is -2.12. The van der Waals surface area contributed by atoms with Gasteiger partial charge in [0, 0.05) is 20.1 Å². The molecular formula is C19H25IN4O2. The van der Waals surface area contributed by atoms with Crippen molar-refractivity contribution in [2.45, 2.75) is 13.1 Å². The van der Waals surface area contributed by atoms with Crippen LogP contribution < -0.4 is 20.7 Å². The number of rotatable bonds is 7. The summed E-state index contributed by atoms with van der Waals surface area (Å²) in [5, 5.41) is 9.04. The van der Waals surface area contributed by atoms with Gasteiger partial charge in [-0.2, -0.15) is 0 Å². The first-order chi connectivity index (χ1) is 12.2. The van der Waals surface area contributed by atoms with E-state index in [9.17, 15) is 4.79 Å². The predicted octanol–water partition coefficient (Wildman–Crippen LogP) is 2.29. The number of amides is 1. The zero-order valence-electron chi connectivity index (χ0n) is 15.0. The van der Waals surface area contributed by atoms with Gasteiger partial charge in [-0.25, -0.2) is 0 Å². The number of nitrogens with zero attached hydrogens (tertiary/aromatic N) is 1. The Bertz CT molecular complexity index is 690. The van der Waals surface area contributed by atoms with E-state index in [4.69, 9.17) is 4.74 Å². The molecule has 0 saturated carbocycles. The maximum absolute atomic E-state index is 12.0. The number of benzene rings is 2. The van der Waals surface area contributed by atoms with Crippen molar-refractivity contribution >= 4 is 35.8 Å². The fourth-order valence-electron chi connectivity index (χ4n) is 2.17. The van der Waals surface area contributed by atoms with Crippen molar-refractivity contribution in [3.05, 3.63) is 65.7 Å². The van der Waals surface area contributed by atoms with Crippen molar-refractivity contribution in [1.29, 1.82) is 0 Å². The Morgan fingerprint density at radius 3 is 2.15 bits per heavy atom. The first kappa shape index (κ1) is 21.8. The molecule has 0 radical (unpaired) electrons. The molecule has 0 aromatic heterocycles. The number of aliphatic imine (C=N–C) groups is 1. The van der Waals surface area contributed by atoms with E-state index in [2.05, 4.69) is 20.9 Å². The molecule has 140 valence electrons. The van der Waals surface area contributed by atoms with E-state index in [1.807, 2.05) is 54.6 Å². The molecule has 26 heavy (non-hydrogen) atoms. The molecule has 0 spiro atoms. The summed E-state index contributed by atoms with van der Waals surface area (Å²) in [6.45, 7) is 1.28. The second-order valence-electron chi connectivity index (χ2n) is 5.39. The van der Waals surface area contributed by atoms with Gasteiger partial charge in [0.25, 0.3) is 0 Å². The summed E-state index contributed by atoms with van der Waals surface area (Å²) in [6.07, 6.45) is 0. The number of halogens is 1. The Labute approximate surface area is 171 Å². The molecule has 2 aromatic rings. The molecule has 3 N–H and O–H groups in total. The number of methoxy groups -OCH3 is 1. The number of ether oxygens (including phenoxy) is 1. The normalized spacial score (nSPS) is 10.5. The minimum Gasteiger partial charge on any atom is -0.497 e. The summed E-state index contributed by atoms with van der Waals surface area (Å²) in [5.74, 6) is 1.28. The van der Waals surface area contributed by atoms with Gasteiger partial charge >= 0.3 is 0 Å². The third-order valence-corrected chi connectivity index (χ3v) is 3.59. The number of hydrogen-bond acceptors (Lipinski definition) is 3. The third kappa shape index (κ3) is 7.73. The smallest absolute Gasteiger partial charge is 0.239 e. The number of hydrogen-bond donors (Lipinski definition) is 3. The van der Waals surface area contributed by atoms with Gasteiger partial charge in [0.15, 0.2) is 5.96 Å². The average molecular weight is 468 g/mol. The molecule has 0 unspecified atom stereocenters. The van der Waals surface area contributed by atoms with E-state index in [0.717, 1.165) is 16.9 Å². The van der Waals surface area contributed by atoms with E-state index in [0.29, 0.717) is 19.0 Å². The van der Waals surface area contributed by atoms with Gasteiger partial charge in [-0.15, -0.1) is 24.0 Å². The lowest BCUT2D eigenvalue weighted by molar-refractivity contribution is -0.120. The topological polar surface area (TPSA) is 74.8 Å². The molecule has 0 atom stereocenters. The van der Waals surface area contributed by atoms with Crippen LogP contribution in [-0.2, 0) is 17.9 Å². The van der Waals surface area contributed by atoms with E-state index >= 15 is 0 Å². The average Bonchev–Trinajstić information content (AvgIpc) is 2.67. The quantitative estimate of drug-likeness (QED) is 0.331. The predicted molar refractivity (Wildman–Crippen MR) is 115 cm³/mol. The summed E-state index contributed by atoms with van der Waals surface area (Å²) >= 11 is 0. The highest BCUT2D eigenvalue weighted by Crippen LogP contribution is 2.10. The Morgan fingerprint density at radius 1 is 0.923 bits per heavy atom. The zero-order chi connectivity index (χ0) is 17.9. The van der Waals surface area contributed by atoms with Crippen molar-refractivity contribution in [3.8, 4) is 5.75 Å². The van der Waals surface area contributed by atoms with E-state index in [1.54, 1.807) is 14.2 Å². The highest BCUT2D eigenvalue weighted by atomic mass is 127. The molecule has 1 amide bonds. The first-order valence-corrected chi connectivity index (χ1v) is 8.09. The Morgan fingerprint density at radius 2 is 1.54 bits per heavy atom. The maximum Gasteiger partial charge on any atom is 0.239 e. The summed E-state index contributed by atoms with van der Waals surface area (Å²) in [4.78, 5) is 16.1. The molecule has 7 heteroatoms. The van der Waals surface area contributed by atoms with Crippen LogP contribution in [0.1, 0.15) is 11.1 Å². The molecule has 0 aliphatic carbocycles. The van der Waals surface area contributed by atoms with E-state index < -0.39 is 0 Å². The van der Waals surface area contributed by atoms with Crippen LogP contribution in [0.5, 0.6) is 5.75 Å². The van der Waals surface area contributed by atoms with Gasteiger partial charge in [-0.1, -0.05) is 42.5 Å². The fourth-order valence-corrected chi connectivity index (χ4v) is 2.17. The molecule has 0 saturated heterocycles. The second-order valence-corrected chi connectivity index (χ2v) is 5.39. The molecule has 0 aliphatic heterocycles. The standard InChI is InChI=1S/C19H24N4O2.HI/c1-20-19(22-13-15-6-4-3-5-7-15)23-14-18(24)21-12-16-8-10-17(25-2)11-9-16;/h3-11H,12-14H2,1-2H3,(H,21,24)(H2,20,22,23);1H. The van der Waals surface area contributed by atoms with Crippen LogP contribution >= 0.6 is 24.0 Å². The van der Waals surface area contributed by atoms with Gasteiger partial charge in [0.1, 0.15) is 5.75 Å². The molecule has 0 heterocycles. The lowest BCUT2D eigenvalue weighted by Crippen LogP contribution is -2.42. The third-order valence-electron chi connectivity index (χ3n) is 3.59. The van der Waals surface area contributed by atoms with Gasteiger partial charge in [-0.05, 0) is 23.3 Å². The molecule has 6 nitrogen and oxygen atoms in total. The van der Waals surface area contributed by atoms with Gasteiger partial charge in [-0.3, -0.25) is 9.79 Å². The SMILES string of the molecule is CN=C(NCC(=O)NCc1ccc(OC)cc1)NCc1ccccc1.I. The van der Waals surface area contributed by atoms with Crippen molar-refractivity contribution < 1.29 is 9.53 Å². The highest BCUT2D eigenvalue weighted by Gasteiger charge is 2.04. The summed E-state index contributed by atoms with van der Waals surface area (Å²) in [6, 6.07) is 17.6. The van der Waals surface area contributed by atoms with Crippen LogP contribution in [0.2, 0.25) is 0 Å². The van der Waals surface area contributed by atoms with E-state index in [-0.39, 0.29) is 36.4 Å².